The van der Waals surface area contributed by atoms with Gasteiger partial charge in [0.2, 0.25) is 0 Å². The van der Waals surface area contributed by atoms with Gasteiger partial charge in [-0.2, -0.15) is 0 Å². The van der Waals surface area contributed by atoms with E-state index in [9.17, 15) is 0 Å². The maximum absolute atomic E-state index is 6.10. The van der Waals surface area contributed by atoms with Crippen LogP contribution in [0.5, 0.6) is 5.75 Å². The summed E-state index contributed by atoms with van der Waals surface area (Å²) in [6.45, 7) is 12.6. The fourth-order valence-corrected chi connectivity index (χ4v) is 4.43. The lowest BCUT2D eigenvalue weighted by molar-refractivity contribution is -0.106. The monoisotopic (exact) mass is 458 g/mol. The van der Waals surface area contributed by atoms with Gasteiger partial charge in [0.25, 0.3) is 0 Å². The van der Waals surface area contributed by atoms with E-state index in [2.05, 4.69) is 75.4 Å². The number of halogens is 1. The average Bonchev–Trinajstić information content (AvgIpc) is 2.64. The minimum Gasteiger partial charge on any atom is -0.464 e. The molecule has 2 atom stereocenters. The van der Waals surface area contributed by atoms with E-state index >= 15 is 0 Å². The second kappa shape index (κ2) is 9.07. The molecule has 2 unspecified atom stereocenters. The minimum atomic E-state index is -0.0749. The van der Waals surface area contributed by atoms with E-state index in [0.717, 1.165) is 31.6 Å². The molecule has 0 spiro atoms. The quantitative estimate of drug-likeness (QED) is 0.388. The van der Waals surface area contributed by atoms with Crippen molar-refractivity contribution < 1.29 is 9.47 Å². The number of benzene rings is 1. The average molecular weight is 458 g/mol. The van der Waals surface area contributed by atoms with Gasteiger partial charge in [0, 0.05) is 6.42 Å². The molecule has 25 heavy (non-hydrogen) atoms. The normalized spacial score (nSPS) is 21.0. The molecule has 0 radical (unpaired) electrons. The van der Waals surface area contributed by atoms with Crippen molar-refractivity contribution in [1.82, 2.24) is 0 Å². The second-order valence-corrected chi connectivity index (χ2v) is 9.33. The van der Waals surface area contributed by atoms with E-state index in [4.69, 9.17) is 9.47 Å². The Morgan fingerprint density at radius 3 is 2.36 bits per heavy atom. The van der Waals surface area contributed by atoms with Gasteiger partial charge in [-0.15, -0.1) is 0 Å². The Kier molecular flexibility index (Phi) is 7.63. The fourth-order valence-electron chi connectivity index (χ4n) is 3.79. The molecule has 1 saturated heterocycles. The van der Waals surface area contributed by atoms with E-state index in [0.29, 0.717) is 5.41 Å². The van der Waals surface area contributed by atoms with Crippen molar-refractivity contribution in [2.45, 2.75) is 91.3 Å². The lowest BCUT2D eigenvalue weighted by atomic mass is 9.66. The van der Waals surface area contributed by atoms with E-state index in [1.807, 2.05) is 0 Å². The summed E-state index contributed by atoms with van der Waals surface area (Å²) in [5.74, 6) is 0.962. The predicted molar refractivity (Wildman–Crippen MR) is 114 cm³/mol. The zero-order valence-corrected chi connectivity index (χ0v) is 18.8. The summed E-state index contributed by atoms with van der Waals surface area (Å²) in [4.78, 5) is 0. The first-order valence-electron chi connectivity index (χ1n) is 9.94. The Bertz CT molecular complexity index is 547. The molecule has 1 aliphatic heterocycles. The van der Waals surface area contributed by atoms with Crippen molar-refractivity contribution in [3.05, 3.63) is 27.3 Å². The van der Waals surface area contributed by atoms with Crippen LogP contribution in [0.15, 0.2) is 18.2 Å². The third-order valence-electron chi connectivity index (χ3n) is 6.33. The van der Waals surface area contributed by atoms with Crippen LogP contribution in [0.3, 0.4) is 0 Å². The van der Waals surface area contributed by atoms with Gasteiger partial charge in [-0.25, -0.2) is 0 Å². The first-order valence-corrected chi connectivity index (χ1v) is 11.0. The summed E-state index contributed by atoms with van der Waals surface area (Å²) in [6.07, 6.45) is 8.12. The van der Waals surface area contributed by atoms with Gasteiger partial charge < -0.3 is 9.47 Å². The molecule has 0 aromatic heterocycles. The number of rotatable bonds is 8. The zero-order chi connectivity index (χ0) is 18.5. The number of ether oxygens (including phenoxy) is 2. The van der Waals surface area contributed by atoms with Crippen molar-refractivity contribution in [1.29, 1.82) is 0 Å². The molecule has 1 aliphatic rings. The molecule has 1 aromatic rings. The Hall–Kier alpha value is -0.290. The molecular weight excluding hydrogens is 423 g/mol. The van der Waals surface area contributed by atoms with Crippen molar-refractivity contribution in [2.24, 2.45) is 5.41 Å². The lowest BCUT2D eigenvalue weighted by Crippen LogP contribution is -2.30. The molecule has 1 fully saturated rings. The zero-order valence-electron chi connectivity index (χ0n) is 16.7. The maximum atomic E-state index is 6.10. The standard InChI is InChI=1S/C22H35IO2/c1-6-21(4,7-2)16-22(5,8-3)17-12-13-19(18(23)15-17)25-20-11-9-10-14-24-20/h12-13,15,20H,6-11,14,16H2,1-5H3. The second-order valence-electron chi connectivity index (χ2n) is 8.17. The van der Waals surface area contributed by atoms with Crippen molar-refractivity contribution in [3.63, 3.8) is 0 Å². The van der Waals surface area contributed by atoms with Crippen LogP contribution in [-0.4, -0.2) is 12.9 Å². The summed E-state index contributed by atoms with van der Waals surface area (Å²) >= 11 is 2.41. The molecule has 1 heterocycles. The van der Waals surface area contributed by atoms with Gasteiger partial charge in [-0.1, -0.05) is 53.5 Å². The first-order chi connectivity index (χ1) is 11.9. The van der Waals surface area contributed by atoms with Crippen LogP contribution in [0.4, 0.5) is 0 Å². The lowest BCUT2D eigenvalue weighted by Gasteiger charge is -2.39. The molecule has 0 bridgehead atoms. The summed E-state index contributed by atoms with van der Waals surface area (Å²) in [5.41, 5.74) is 2.05. The number of hydrogen-bond donors (Lipinski definition) is 0. The summed E-state index contributed by atoms with van der Waals surface area (Å²) in [6, 6.07) is 6.75. The molecule has 0 saturated carbocycles. The molecule has 3 heteroatoms. The summed E-state index contributed by atoms with van der Waals surface area (Å²) < 4.78 is 13.0. The SMILES string of the molecule is CCC(C)(CC)CC(C)(CC)c1ccc(OC2CCCCO2)c(I)c1. The van der Waals surface area contributed by atoms with Crippen LogP contribution < -0.4 is 4.74 Å². The van der Waals surface area contributed by atoms with E-state index < -0.39 is 0 Å². The van der Waals surface area contributed by atoms with Gasteiger partial charge >= 0.3 is 0 Å². The van der Waals surface area contributed by atoms with Crippen molar-refractivity contribution >= 4 is 22.6 Å². The van der Waals surface area contributed by atoms with Gasteiger partial charge in [-0.3, -0.25) is 0 Å². The maximum Gasteiger partial charge on any atom is 0.199 e. The van der Waals surface area contributed by atoms with Gasteiger partial charge in [0.15, 0.2) is 6.29 Å². The first kappa shape index (κ1) is 21.0. The van der Waals surface area contributed by atoms with Crippen LogP contribution in [0.1, 0.15) is 85.1 Å². The Morgan fingerprint density at radius 2 is 1.84 bits per heavy atom. The highest BCUT2D eigenvalue weighted by Gasteiger charge is 2.34. The Labute approximate surface area is 168 Å². The molecule has 0 aliphatic carbocycles. The van der Waals surface area contributed by atoms with Crippen molar-refractivity contribution in [2.75, 3.05) is 6.61 Å². The van der Waals surface area contributed by atoms with E-state index in [1.165, 1.54) is 34.8 Å². The highest BCUT2D eigenvalue weighted by molar-refractivity contribution is 14.1. The minimum absolute atomic E-state index is 0.0749. The topological polar surface area (TPSA) is 18.5 Å². The highest BCUT2D eigenvalue weighted by atomic mass is 127. The van der Waals surface area contributed by atoms with Crippen LogP contribution in [0.25, 0.3) is 0 Å². The molecule has 1 aromatic carbocycles. The van der Waals surface area contributed by atoms with Gasteiger partial charge in [-0.05, 0) is 76.8 Å². The molecule has 142 valence electrons. The van der Waals surface area contributed by atoms with Gasteiger partial charge in [0.05, 0.1) is 10.2 Å². The largest absolute Gasteiger partial charge is 0.464 e. The predicted octanol–water partition coefficient (Wildman–Crippen LogP) is 7.08. The van der Waals surface area contributed by atoms with E-state index in [-0.39, 0.29) is 11.7 Å². The van der Waals surface area contributed by atoms with Crippen LogP contribution >= 0.6 is 22.6 Å². The van der Waals surface area contributed by atoms with Crippen LogP contribution in [-0.2, 0) is 10.2 Å². The molecule has 2 nitrogen and oxygen atoms in total. The van der Waals surface area contributed by atoms with Gasteiger partial charge in [0.1, 0.15) is 5.75 Å². The molecule has 0 N–H and O–H groups in total. The van der Waals surface area contributed by atoms with E-state index in [1.54, 1.807) is 0 Å². The Morgan fingerprint density at radius 1 is 1.12 bits per heavy atom. The third-order valence-corrected chi connectivity index (χ3v) is 7.17. The smallest absolute Gasteiger partial charge is 0.199 e. The number of hydrogen-bond acceptors (Lipinski definition) is 2. The summed E-state index contributed by atoms with van der Waals surface area (Å²) in [7, 11) is 0. The van der Waals surface area contributed by atoms with Crippen LogP contribution in [0, 0.1) is 8.99 Å². The fraction of sp³-hybridized carbons (Fsp3) is 0.727. The Balaban J connectivity index is 2.18. The molecule has 0 amide bonds. The van der Waals surface area contributed by atoms with Crippen molar-refractivity contribution in [3.8, 4) is 5.75 Å². The highest BCUT2D eigenvalue weighted by Crippen LogP contribution is 2.44. The van der Waals surface area contributed by atoms with Crippen LogP contribution in [0.2, 0.25) is 0 Å². The summed E-state index contributed by atoms with van der Waals surface area (Å²) in [5, 5.41) is 0. The third kappa shape index (κ3) is 5.35. The molecular formula is C22H35IO2. The molecule has 2 rings (SSSR count).